The lowest BCUT2D eigenvalue weighted by molar-refractivity contribution is -0.907. The van der Waals surface area contributed by atoms with Gasteiger partial charge in [-0.3, -0.25) is 10.1 Å². The number of carbonyl (C=O) groups excluding carboxylic acids is 1. The number of ether oxygens (including phenoxy) is 1. The fourth-order valence-electron chi connectivity index (χ4n) is 2.27. The number of rotatable bonds is 3. The van der Waals surface area contributed by atoms with E-state index >= 15 is 0 Å². The topological polar surface area (TPSA) is 68.5 Å². The van der Waals surface area contributed by atoms with Crippen LogP contribution < -0.4 is 10.2 Å². The molecule has 0 aromatic carbocycles. The molecule has 2 atom stereocenters. The molecule has 0 spiro atoms. The Morgan fingerprint density at radius 1 is 1.44 bits per heavy atom. The van der Waals surface area contributed by atoms with Crippen LogP contribution in [0.25, 0.3) is 0 Å². The predicted octanol–water partition coefficient (Wildman–Crippen LogP) is -0.523. The third kappa shape index (κ3) is 3.72. The lowest BCUT2D eigenvalue weighted by Crippen LogP contribution is -3.16. The Morgan fingerprint density at radius 3 is 2.67 bits per heavy atom. The summed E-state index contributed by atoms with van der Waals surface area (Å²) in [7, 11) is 0. The van der Waals surface area contributed by atoms with Gasteiger partial charge in [0.15, 0.2) is 6.54 Å². The van der Waals surface area contributed by atoms with Crippen molar-refractivity contribution in [3.05, 3.63) is 5.01 Å². The summed E-state index contributed by atoms with van der Waals surface area (Å²) in [4.78, 5) is 13.1. The molecule has 7 heteroatoms. The summed E-state index contributed by atoms with van der Waals surface area (Å²) in [6.07, 6.45) is 0.417. The second-order valence-corrected chi connectivity index (χ2v) is 5.95. The van der Waals surface area contributed by atoms with Crippen LogP contribution >= 0.6 is 11.3 Å². The summed E-state index contributed by atoms with van der Waals surface area (Å²) in [5, 5.41) is 12.0. The van der Waals surface area contributed by atoms with Crippen molar-refractivity contribution in [2.24, 2.45) is 0 Å². The molecule has 0 unspecified atom stereocenters. The van der Waals surface area contributed by atoms with E-state index in [0.29, 0.717) is 11.7 Å². The zero-order chi connectivity index (χ0) is 13.1. The maximum Gasteiger partial charge on any atom is 0.281 e. The molecule has 1 saturated heterocycles. The standard InChI is InChI=1S/C11H18N4O2S/c1-7-4-15(5-8(2)17-7)6-10(16)12-11-14-13-9(3)18-11/h7-8H,4-6H2,1-3H3,(H,12,14,16)/p+1/t7-,8-/m1/s1. The van der Waals surface area contributed by atoms with E-state index in [4.69, 9.17) is 4.74 Å². The number of carbonyl (C=O) groups is 1. The molecule has 18 heavy (non-hydrogen) atoms. The molecular formula is C11H19N4O2S+. The van der Waals surface area contributed by atoms with Crippen LogP contribution in [0.3, 0.4) is 0 Å². The van der Waals surface area contributed by atoms with Crippen molar-refractivity contribution in [2.45, 2.75) is 33.0 Å². The zero-order valence-corrected chi connectivity index (χ0v) is 11.7. The number of nitrogens with one attached hydrogen (secondary N) is 2. The van der Waals surface area contributed by atoms with Gasteiger partial charge >= 0.3 is 0 Å². The van der Waals surface area contributed by atoms with Crippen molar-refractivity contribution >= 4 is 22.4 Å². The zero-order valence-electron chi connectivity index (χ0n) is 10.9. The minimum absolute atomic E-state index is 0.0116. The van der Waals surface area contributed by atoms with Gasteiger partial charge in [-0.1, -0.05) is 11.3 Å². The van der Waals surface area contributed by atoms with Crippen LogP contribution in [0.2, 0.25) is 0 Å². The minimum Gasteiger partial charge on any atom is -0.364 e. The average molecular weight is 271 g/mol. The smallest absolute Gasteiger partial charge is 0.281 e. The van der Waals surface area contributed by atoms with Crippen LogP contribution in [0, 0.1) is 6.92 Å². The van der Waals surface area contributed by atoms with Gasteiger partial charge in [-0.05, 0) is 20.8 Å². The van der Waals surface area contributed by atoms with E-state index in [-0.39, 0.29) is 18.1 Å². The highest BCUT2D eigenvalue weighted by atomic mass is 32.1. The van der Waals surface area contributed by atoms with Crippen molar-refractivity contribution < 1.29 is 14.4 Å². The summed E-state index contributed by atoms with van der Waals surface area (Å²) in [6, 6.07) is 0. The van der Waals surface area contributed by atoms with E-state index in [1.54, 1.807) is 0 Å². The quantitative estimate of drug-likeness (QED) is 0.776. The Hall–Kier alpha value is -1.05. The number of aryl methyl sites for hydroxylation is 1. The van der Waals surface area contributed by atoms with Crippen LogP contribution in [0.4, 0.5) is 5.13 Å². The van der Waals surface area contributed by atoms with Crippen molar-refractivity contribution in [3.63, 3.8) is 0 Å². The molecule has 1 fully saturated rings. The Bertz CT molecular complexity index is 413. The van der Waals surface area contributed by atoms with E-state index in [1.807, 2.05) is 20.8 Å². The van der Waals surface area contributed by atoms with E-state index < -0.39 is 0 Å². The first-order chi connectivity index (χ1) is 8.52. The average Bonchev–Trinajstić information content (AvgIpc) is 2.61. The maximum atomic E-state index is 11.9. The minimum atomic E-state index is -0.0116. The molecule has 2 N–H and O–H groups in total. The van der Waals surface area contributed by atoms with E-state index in [1.165, 1.54) is 16.2 Å². The molecule has 6 nitrogen and oxygen atoms in total. The van der Waals surface area contributed by atoms with Crippen LogP contribution in [-0.4, -0.2) is 47.9 Å². The van der Waals surface area contributed by atoms with Gasteiger partial charge in [0, 0.05) is 0 Å². The molecule has 0 radical (unpaired) electrons. The lowest BCUT2D eigenvalue weighted by atomic mass is 10.2. The highest BCUT2D eigenvalue weighted by Gasteiger charge is 2.27. The van der Waals surface area contributed by atoms with Crippen LogP contribution in [0.5, 0.6) is 0 Å². The van der Waals surface area contributed by atoms with E-state index in [0.717, 1.165) is 18.1 Å². The van der Waals surface area contributed by atoms with Gasteiger partial charge < -0.3 is 9.64 Å². The van der Waals surface area contributed by atoms with Gasteiger partial charge in [0.25, 0.3) is 5.91 Å². The Morgan fingerprint density at radius 2 is 2.11 bits per heavy atom. The second kappa shape index (κ2) is 5.73. The normalized spacial score (nSPS) is 28.1. The molecule has 1 aliphatic rings. The van der Waals surface area contributed by atoms with Gasteiger partial charge in [-0.2, -0.15) is 0 Å². The molecular weight excluding hydrogens is 252 g/mol. The van der Waals surface area contributed by atoms with Gasteiger partial charge in [0.05, 0.1) is 0 Å². The van der Waals surface area contributed by atoms with Gasteiger partial charge in [0.1, 0.15) is 30.3 Å². The summed E-state index contributed by atoms with van der Waals surface area (Å²) in [5.41, 5.74) is 0. The Balaban J connectivity index is 1.83. The monoisotopic (exact) mass is 271 g/mol. The van der Waals surface area contributed by atoms with E-state index in [9.17, 15) is 4.79 Å². The van der Waals surface area contributed by atoms with Crippen LogP contribution in [0.1, 0.15) is 18.9 Å². The van der Waals surface area contributed by atoms with Crippen molar-refractivity contribution in [3.8, 4) is 0 Å². The van der Waals surface area contributed by atoms with Gasteiger partial charge in [-0.25, -0.2) is 0 Å². The molecule has 0 aliphatic carbocycles. The fraction of sp³-hybridized carbons (Fsp3) is 0.727. The van der Waals surface area contributed by atoms with E-state index in [2.05, 4.69) is 15.5 Å². The molecule has 1 aromatic heterocycles. The summed E-state index contributed by atoms with van der Waals surface area (Å²) in [6.45, 7) is 8.14. The predicted molar refractivity (Wildman–Crippen MR) is 68.8 cm³/mol. The van der Waals surface area contributed by atoms with Gasteiger partial charge in [0.2, 0.25) is 5.13 Å². The molecule has 2 heterocycles. The first-order valence-electron chi connectivity index (χ1n) is 6.12. The largest absolute Gasteiger partial charge is 0.364 e. The molecule has 0 saturated carbocycles. The first kappa shape index (κ1) is 13.4. The number of amides is 1. The SMILES string of the molecule is Cc1nnc(NC(=O)C[NH+]2C[C@@H](C)O[C@H](C)C2)s1. The van der Waals surface area contributed by atoms with Gasteiger partial charge in [-0.15, -0.1) is 10.2 Å². The van der Waals surface area contributed by atoms with Crippen molar-refractivity contribution in [1.29, 1.82) is 0 Å². The maximum absolute atomic E-state index is 11.9. The molecule has 1 aliphatic heterocycles. The van der Waals surface area contributed by atoms with Crippen LogP contribution in [0.15, 0.2) is 0 Å². The highest BCUT2D eigenvalue weighted by Crippen LogP contribution is 2.12. The number of morpholine rings is 1. The third-order valence-electron chi connectivity index (χ3n) is 2.80. The number of anilines is 1. The number of hydrogen-bond acceptors (Lipinski definition) is 5. The third-order valence-corrected chi connectivity index (χ3v) is 3.55. The summed E-state index contributed by atoms with van der Waals surface area (Å²) in [5.74, 6) is -0.0116. The van der Waals surface area contributed by atoms with Crippen LogP contribution in [-0.2, 0) is 9.53 Å². The Labute approximate surface area is 110 Å². The first-order valence-corrected chi connectivity index (χ1v) is 6.93. The number of hydrogen-bond donors (Lipinski definition) is 2. The highest BCUT2D eigenvalue weighted by molar-refractivity contribution is 7.15. The molecule has 100 valence electrons. The fourth-order valence-corrected chi connectivity index (χ4v) is 2.88. The summed E-state index contributed by atoms with van der Waals surface area (Å²) >= 11 is 1.39. The molecule has 1 amide bonds. The molecule has 0 bridgehead atoms. The lowest BCUT2D eigenvalue weighted by Gasteiger charge is -2.31. The molecule has 2 rings (SSSR count). The number of nitrogens with zero attached hydrogens (tertiary/aromatic N) is 2. The van der Waals surface area contributed by atoms with Crippen molar-refractivity contribution in [2.75, 3.05) is 25.0 Å². The Kier molecular flexibility index (Phi) is 4.26. The van der Waals surface area contributed by atoms with Crippen molar-refractivity contribution in [1.82, 2.24) is 10.2 Å². The number of aromatic nitrogens is 2. The second-order valence-electron chi connectivity index (χ2n) is 4.77. The number of quaternary nitrogens is 1. The summed E-state index contributed by atoms with van der Waals surface area (Å²) < 4.78 is 5.65. The molecule has 1 aromatic rings.